The fourth-order valence-corrected chi connectivity index (χ4v) is 6.32. The van der Waals surface area contributed by atoms with Crippen LogP contribution in [-0.4, -0.2) is 81.7 Å². The summed E-state index contributed by atoms with van der Waals surface area (Å²) < 4.78 is 37.1. The fourth-order valence-electron chi connectivity index (χ4n) is 4.53. The van der Waals surface area contributed by atoms with Crippen LogP contribution >= 0.6 is 11.8 Å². The van der Waals surface area contributed by atoms with Gasteiger partial charge < -0.3 is 19.7 Å². The number of anilines is 1. The quantitative estimate of drug-likeness (QED) is 0.475. The number of fused-ring (bicyclic) bond motifs is 1. The minimum atomic E-state index is -3.74. The van der Waals surface area contributed by atoms with Crippen molar-refractivity contribution in [1.82, 2.24) is 14.5 Å². The summed E-state index contributed by atoms with van der Waals surface area (Å²) in [5, 5.41) is 2.32. The van der Waals surface area contributed by atoms with Crippen LogP contribution in [0.15, 0.2) is 46.2 Å². The molecule has 5 rings (SSSR count). The van der Waals surface area contributed by atoms with E-state index in [1.807, 2.05) is 0 Å². The Hall–Kier alpha value is -3.55. The van der Waals surface area contributed by atoms with E-state index in [-0.39, 0.29) is 35.2 Å². The van der Waals surface area contributed by atoms with Crippen molar-refractivity contribution in [3.63, 3.8) is 0 Å². The average molecular weight is 573 g/mol. The molecule has 0 aliphatic carbocycles. The zero-order valence-corrected chi connectivity index (χ0v) is 23.1. The number of amides is 3. The Morgan fingerprint density at radius 3 is 2.56 bits per heavy atom. The largest absolute Gasteiger partial charge is 0.454 e. The molecule has 3 amide bonds. The number of imide groups is 1. The number of nitrogens with one attached hydrogen (secondary N) is 1. The van der Waals surface area contributed by atoms with E-state index in [9.17, 15) is 22.8 Å². The van der Waals surface area contributed by atoms with Gasteiger partial charge in [0.25, 0.3) is 17.1 Å². The van der Waals surface area contributed by atoms with Crippen LogP contribution in [0, 0.1) is 0 Å². The van der Waals surface area contributed by atoms with E-state index in [4.69, 9.17) is 9.47 Å². The average Bonchev–Trinajstić information content (AvgIpc) is 3.66. The first kappa shape index (κ1) is 27.0. The number of hydrogen-bond acceptors (Lipinski definition) is 9. The summed E-state index contributed by atoms with van der Waals surface area (Å²) in [6.45, 7) is 1.66. The zero-order chi connectivity index (χ0) is 27.7. The molecule has 0 bridgehead atoms. The summed E-state index contributed by atoms with van der Waals surface area (Å²) in [5.41, 5.74) is 1.58. The fraction of sp³-hybridized carbons (Fsp3) is 0.346. The lowest BCUT2D eigenvalue weighted by atomic mass is 10.1. The van der Waals surface area contributed by atoms with Gasteiger partial charge in [-0.25, -0.2) is 12.7 Å². The third-order valence-electron chi connectivity index (χ3n) is 6.63. The molecule has 0 spiro atoms. The second kappa shape index (κ2) is 10.9. The molecule has 1 N–H and O–H groups in total. The van der Waals surface area contributed by atoms with Crippen molar-refractivity contribution in [3.8, 4) is 11.5 Å². The van der Waals surface area contributed by atoms with Crippen LogP contribution in [0.5, 0.6) is 11.5 Å². The van der Waals surface area contributed by atoms with E-state index >= 15 is 0 Å². The van der Waals surface area contributed by atoms with Crippen LogP contribution in [0.1, 0.15) is 28.8 Å². The second-order valence-electron chi connectivity index (χ2n) is 9.36. The van der Waals surface area contributed by atoms with Gasteiger partial charge in [-0.3, -0.25) is 19.3 Å². The molecule has 11 nitrogen and oxygen atoms in total. The Bertz CT molecular complexity index is 1470. The van der Waals surface area contributed by atoms with Crippen LogP contribution < -0.4 is 19.7 Å². The zero-order valence-electron chi connectivity index (χ0n) is 21.5. The SMILES string of the molecule is CN(C)S(=O)(=O)c1ccc(N2CCCC2)c(C(=O)NCCN2C(=O)SC(=Cc3ccc4c(c3)OCO4)C2=O)c1. The minimum Gasteiger partial charge on any atom is -0.454 e. The highest BCUT2D eigenvalue weighted by atomic mass is 32.2. The Balaban J connectivity index is 1.28. The van der Waals surface area contributed by atoms with Gasteiger partial charge in [-0.05, 0) is 66.6 Å². The Morgan fingerprint density at radius 1 is 1.08 bits per heavy atom. The van der Waals surface area contributed by atoms with Crippen molar-refractivity contribution in [2.45, 2.75) is 17.7 Å². The van der Waals surface area contributed by atoms with Gasteiger partial charge in [0.05, 0.1) is 15.4 Å². The number of rotatable bonds is 8. The van der Waals surface area contributed by atoms with Crippen molar-refractivity contribution >= 4 is 50.6 Å². The van der Waals surface area contributed by atoms with Gasteiger partial charge in [0, 0.05) is 46.0 Å². The van der Waals surface area contributed by atoms with Gasteiger partial charge in [-0.2, -0.15) is 0 Å². The van der Waals surface area contributed by atoms with Crippen LogP contribution in [0.4, 0.5) is 10.5 Å². The van der Waals surface area contributed by atoms with Crippen molar-refractivity contribution in [2.24, 2.45) is 0 Å². The summed E-state index contributed by atoms with van der Waals surface area (Å²) >= 11 is 0.828. The van der Waals surface area contributed by atoms with Crippen LogP contribution in [-0.2, 0) is 14.8 Å². The molecule has 2 fully saturated rings. The molecule has 2 aromatic rings. The lowest BCUT2D eigenvalue weighted by Crippen LogP contribution is -2.37. The normalized spacial score (nSPS) is 18.1. The number of ether oxygens (including phenoxy) is 2. The molecule has 0 aromatic heterocycles. The van der Waals surface area contributed by atoms with Gasteiger partial charge in [0.2, 0.25) is 16.8 Å². The monoisotopic (exact) mass is 572 g/mol. The Kier molecular flexibility index (Phi) is 7.56. The molecular formula is C26H28N4O7S2. The molecular weight excluding hydrogens is 544 g/mol. The van der Waals surface area contributed by atoms with Gasteiger partial charge >= 0.3 is 0 Å². The van der Waals surface area contributed by atoms with E-state index in [0.29, 0.717) is 22.7 Å². The highest BCUT2D eigenvalue weighted by Gasteiger charge is 2.35. The topological polar surface area (TPSA) is 126 Å². The van der Waals surface area contributed by atoms with Crippen molar-refractivity contribution in [2.75, 3.05) is 52.0 Å². The summed E-state index contributed by atoms with van der Waals surface area (Å²) in [7, 11) is -0.881. The minimum absolute atomic E-state index is 0.0122. The number of hydrogen-bond donors (Lipinski definition) is 1. The summed E-state index contributed by atoms with van der Waals surface area (Å²) in [6, 6.07) is 9.79. The lowest BCUT2D eigenvalue weighted by molar-refractivity contribution is -0.122. The number of carbonyl (C=O) groups excluding carboxylic acids is 3. The van der Waals surface area contributed by atoms with Crippen molar-refractivity contribution in [1.29, 1.82) is 0 Å². The molecule has 39 heavy (non-hydrogen) atoms. The third kappa shape index (κ3) is 5.47. The molecule has 0 atom stereocenters. The Morgan fingerprint density at radius 2 is 1.82 bits per heavy atom. The molecule has 3 aliphatic rings. The number of thioether (sulfide) groups is 1. The number of carbonyl (C=O) groups is 3. The van der Waals surface area contributed by atoms with E-state index < -0.39 is 27.1 Å². The van der Waals surface area contributed by atoms with Crippen molar-refractivity contribution in [3.05, 3.63) is 52.4 Å². The lowest BCUT2D eigenvalue weighted by Gasteiger charge is -2.22. The highest BCUT2D eigenvalue weighted by molar-refractivity contribution is 8.18. The van der Waals surface area contributed by atoms with E-state index in [2.05, 4.69) is 10.2 Å². The van der Waals surface area contributed by atoms with E-state index in [1.54, 1.807) is 30.3 Å². The molecule has 206 valence electrons. The van der Waals surface area contributed by atoms with Crippen LogP contribution in [0.2, 0.25) is 0 Å². The molecule has 13 heteroatoms. The molecule has 0 unspecified atom stereocenters. The maximum absolute atomic E-state index is 13.2. The first-order chi connectivity index (χ1) is 18.6. The highest BCUT2D eigenvalue weighted by Crippen LogP contribution is 2.36. The molecule has 2 aromatic carbocycles. The molecule has 0 saturated carbocycles. The number of nitrogens with zero attached hydrogens (tertiary/aromatic N) is 3. The van der Waals surface area contributed by atoms with Gasteiger partial charge in [-0.15, -0.1) is 0 Å². The first-order valence-corrected chi connectivity index (χ1v) is 14.7. The maximum Gasteiger partial charge on any atom is 0.293 e. The van der Waals surface area contributed by atoms with Crippen LogP contribution in [0.25, 0.3) is 6.08 Å². The maximum atomic E-state index is 13.2. The summed E-state index contributed by atoms with van der Waals surface area (Å²) in [4.78, 5) is 42.1. The van der Waals surface area contributed by atoms with Crippen LogP contribution in [0.3, 0.4) is 0 Å². The predicted molar refractivity (Wildman–Crippen MR) is 146 cm³/mol. The number of benzene rings is 2. The molecule has 3 heterocycles. The van der Waals surface area contributed by atoms with Gasteiger partial charge in [-0.1, -0.05) is 6.07 Å². The van der Waals surface area contributed by atoms with Gasteiger partial charge in [0.1, 0.15) is 0 Å². The molecule has 2 saturated heterocycles. The third-order valence-corrected chi connectivity index (χ3v) is 9.35. The van der Waals surface area contributed by atoms with E-state index in [0.717, 1.165) is 46.9 Å². The summed E-state index contributed by atoms with van der Waals surface area (Å²) in [5.74, 6) is 0.263. The summed E-state index contributed by atoms with van der Waals surface area (Å²) in [6.07, 6.45) is 3.58. The molecule has 3 aliphatic heterocycles. The number of sulfonamides is 1. The Labute approximate surface area is 230 Å². The predicted octanol–water partition coefficient (Wildman–Crippen LogP) is 2.73. The van der Waals surface area contributed by atoms with Crippen molar-refractivity contribution < 1.29 is 32.3 Å². The first-order valence-electron chi connectivity index (χ1n) is 12.4. The second-order valence-corrected chi connectivity index (χ2v) is 12.5. The standard InChI is InChI=1S/C26H28N4O7S2/c1-28(2)39(34,35)18-6-7-20(29-10-3-4-11-29)19(15-18)24(31)27-9-12-30-25(32)23(38-26(30)33)14-17-5-8-21-22(13-17)37-16-36-21/h5-8,13-15H,3-4,9-12,16H2,1-2H3,(H,27,31). The van der Waals surface area contributed by atoms with E-state index in [1.165, 1.54) is 26.2 Å². The molecule has 0 radical (unpaired) electrons. The van der Waals surface area contributed by atoms with Gasteiger partial charge in [0.15, 0.2) is 11.5 Å². The smallest absolute Gasteiger partial charge is 0.293 e.